The lowest BCUT2D eigenvalue weighted by Gasteiger charge is -2.25. The minimum atomic E-state index is -0.244. The van der Waals surface area contributed by atoms with Crippen LogP contribution in [0.3, 0.4) is 0 Å². The summed E-state index contributed by atoms with van der Waals surface area (Å²) in [4.78, 5) is 27.3. The molecule has 2 heterocycles. The second-order valence-corrected chi connectivity index (χ2v) is 5.57. The zero-order chi connectivity index (χ0) is 16.3. The number of ether oxygens (including phenoxy) is 4. The Morgan fingerprint density at radius 2 is 1.13 bits per heavy atom. The molecule has 0 aromatic heterocycles. The number of carbonyl (C=O) groups is 2. The van der Waals surface area contributed by atoms with Crippen molar-refractivity contribution in [1.82, 2.24) is 9.80 Å². The van der Waals surface area contributed by atoms with E-state index >= 15 is 0 Å². The summed E-state index contributed by atoms with van der Waals surface area (Å²) < 4.78 is 20.7. The van der Waals surface area contributed by atoms with Gasteiger partial charge in [0.15, 0.2) is 0 Å². The third-order valence-electron chi connectivity index (χ3n) is 3.73. The fraction of sp³-hybridized carbons (Fsp3) is 0.867. The van der Waals surface area contributed by atoms with Crippen molar-refractivity contribution in [2.24, 2.45) is 0 Å². The van der Waals surface area contributed by atoms with Crippen molar-refractivity contribution in [3.05, 3.63) is 0 Å². The lowest BCUT2D eigenvalue weighted by molar-refractivity contribution is -0.148. The van der Waals surface area contributed by atoms with Gasteiger partial charge in [0.05, 0.1) is 52.7 Å². The van der Waals surface area contributed by atoms with Gasteiger partial charge in [-0.05, 0) is 0 Å². The highest BCUT2D eigenvalue weighted by atomic mass is 16.5. The first-order chi connectivity index (χ1) is 11.2. The van der Waals surface area contributed by atoms with E-state index < -0.39 is 0 Å². The van der Waals surface area contributed by atoms with Crippen LogP contribution in [0.5, 0.6) is 0 Å². The molecule has 8 heteroatoms. The molecule has 0 amide bonds. The van der Waals surface area contributed by atoms with Gasteiger partial charge in [0, 0.05) is 32.6 Å². The third-order valence-corrected chi connectivity index (χ3v) is 3.73. The fourth-order valence-corrected chi connectivity index (χ4v) is 2.41. The molecule has 0 aromatic rings. The monoisotopic (exact) mass is 330 g/mol. The number of esters is 2. The van der Waals surface area contributed by atoms with Crippen molar-refractivity contribution in [2.75, 3.05) is 78.9 Å². The summed E-state index contributed by atoms with van der Waals surface area (Å²) in [7, 11) is 0. The van der Waals surface area contributed by atoms with Gasteiger partial charge in [-0.1, -0.05) is 0 Å². The summed E-state index contributed by atoms with van der Waals surface area (Å²) in [5, 5.41) is 0. The van der Waals surface area contributed by atoms with Crippen LogP contribution in [-0.4, -0.2) is 101 Å². The molecule has 0 spiro atoms. The molecule has 2 fully saturated rings. The maximum atomic E-state index is 11.6. The molecule has 0 unspecified atom stereocenters. The second kappa shape index (κ2) is 10.5. The average Bonchev–Trinajstić information content (AvgIpc) is 2.56. The molecule has 132 valence electrons. The standard InChI is InChI=1S/C15H26N2O6/c18-14(12-16-2-8-20-9-3-16)22-6-1-7-23-15(19)13-17-4-10-21-11-5-17/h1-13H2. The molecule has 2 aliphatic heterocycles. The van der Waals surface area contributed by atoms with E-state index in [1.807, 2.05) is 9.80 Å². The van der Waals surface area contributed by atoms with Crippen LogP contribution >= 0.6 is 0 Å². The van der Waals surface area contributed by atoms with Crippen LogP contribution < -0.4 is 0 Å². The number of morpholine rings is 2. The smallest absolute Gasteiger partial charge is 0.320 e. The van der Waals surface area contributed by atoms with Crippen LogP contribution in [0.2, 0.25) is 0 Å². The Hall–Kier alpha value is -1.22. The van der Waals surface area contributed by atoms with E-state index in [1.165, 1.54) is 0 Å². The second-order valence-electron chi connectivity index (χ2n) is 5.57. The van der Waals surface area contributed by atoms with E-state index in [4.69, 9.17) is 18.9 Å². The summed E-state index contributed by atoms with van der Waals surface area (Å²) in [6.07, 6.45) is 0.518. The number of carbonyl (C=O) groups excluding carboxylic acids is 2. The van der Waals surface area contributed by atoms with Crippen molar-refractivity contribution < 1.29 is 28.5 Å². The predicted molar refractivity (Wildman–Crippen MR) is 81.1 cm³/mol. The van der Waals surface area contributed by atoms with E-state index in [0.717, 1.165) is 26.2 Å². The molecule has 0 bridgehead atoms. The van der Waals surface area contributed by atoms with E-state index in [2.05, 4.69) is 0 Å². The van der Waals surface area contributed by atoms with Gasteiger partial charge >= 0.3 is 11.9 Å². The van der Waals surface area contributed by atoms with Crippen molar-refractivity contribution in [1.29, 1.82) is 0 Å². The van der Waals surface area contributed by atoms with Crippen LogP contribution in [0.4, 0.5) is 0 Å². The van der Waals surface area contributed by atoms with Crippen LogP contribution in [0.25, 0.3) is 0 Å². The van der Waals surface area contributed by atoms with Gasteiger partial charge in [0.2, 0.25) is 0 Å². The van der Waals surface area contributed by atoms with E-state index in [9.17, 15) is 9.59 Å². The average molecular weight is 330 g/mol. The first-order valence-electron chi connectivity index (χ1n) is 8.15. The van der Waals surface area contributed by atoms with Crippen molar-refractivity contribution >= 4 is 11.9 Å². The van der Waals surface area contributed by atoms with Crippen molar-refractivity contribution in [2.45, 2.75) is 6.42 Å². The van der Waals surface area contributed by atoms with Crippen LogP contribution in [0.1, 0.15) is 6.42 Å². The fourth-order valence-electron chi connectivity index (χ4n) is 2.41. The maximum Gasteiger partial charge on any atom is 0.320 e. The highest BCUT2D eigenvalue weighted by molar-refractivity contribution is 5.72. The topological polar surface area (TPSA) is 77.5 Å². The molecule has 0 saturated carbocycles. The largest absolute Gasteiger partial charge is 0.465 e. The van der Waals surface area contributed by atoms with Gasteiger partial charge < -0.3 is 18.9 Å². The van der Waals surface area contributed by atoms with Gasteiger partial charge in [-0.15, -0.1) is 0 Å². The number of hydrogen-bond donors (Lipinski definition) is 0. The molecule has 0 atom stereocenters. The predicted octanol–water partition coefficient (Wildman–Crippen LogP) is -0.873. The van der Waals surface area contributed by atoms with Crippen molar-refractivity contribution in [3.8, 4) is 0 Å². The Kier molecular flexibility index (Phi) is 8.30. The summed E-state index contributed by atoms with van der Waals surface area (Å²) in [5.41, 5.74) is 0. The summed E-state index contributed by atoms with van der Waals surface area (Å²) >= 11 is 0. The Morgan fingerprint density at radius 1 is 0.739 bits per heavy atom. The quantitative estimate of drug-likeness (QED) is 0.420. The summed E-state index contributed by atoms with van der Waals surface area (Å²) in [6.45, 7) is 6.80. The van der Waals surface area contributed by atoms with Crippen LogP contribution in [0.15, 0.2) is 0 Å². The first kappa shape index (κ1) is 18.1. The summed E-state index contributed by atoms with van der Waals surface area (Å²) in [6, 6.07) is 0. The van der Waals surface area contributed by atoms with Crippen LogP contribution in [-0.2, 0) is 28.5 Å². The molecular formula is C15H26N2O6. The first-order valence-corrected chi connectivity index (χ1v) is 8.15. The lowest BCUT2D eigenvalue weighted by atomic mass is 10.4. The molecule has 0 N–H and O–H groups in total. The van der Waals surface area contributed by atoms with E-state index in [-0.39, 0.29) is 25.2 Å². The maximum absolute atomic E-state index is 11.6. The molecule has 2 rings (SSSR count). The molecule has 2 aliphatic rings. The van der Waals surface area contributed by atoms with Gasteiger partial charge in [0.1, 0.15) is 0 Å². The minimum absolute atomic E-state index is 0.244. The number of nitrogens with zero attached hydrogens (tertiary/aromatic N) is 2. The normalized spacial score (nSPS) is 20.2. The molecule has 2 saturated heterocycles. The molecular weight excluding hydrogens is 304 g/mol. The zero-order valence-corrected chi connectivity index (χ0v) is 13.5. The SMILES string of the molecule is O=C(CN1CCOCC1)OCCCOC(=O)CN1CCOCC1. The molecule has 0 aromatic carbocycles. The zero-order valence-electron chi connectivity index (χ0n) is 13.5. The van der Waals surface area contributed by atoms with Crippen LogP contribution in [0, 0.1) is 0 Å². The van der Waals surface area contributed by atoms with Gasteiger partial charge in [-0.25, -0.2) is 0 Å². The van der Waals surface area contributed by atoms with Gasteiger partial charge in [0.25, 0.3) is 0 Å². The van der Waals surface area contributed by atoms with Gasteiger partial charge in [-0.3, -0.25) is 19.4 Å². The lowest BCUT2D eigenvalue weighted by Crippen LogP contribution is -2.40. The highest BCUT2D eigenvalue weighted by Crippen LogP contribution is 1.99. The van der Waals surface area contributed by atoms with E-state index in [1.54, 1.807) is 0 Å². The molecule has 0 radical (unpaired) electrons. The summed E-state index contributed by atoms with van der Waals surface area (Å²) in [5.74, 6) is -0.488. The Morgan fingerprint density at radius 3 is 1.52 bits per heavy atom. The molecule has 8 nitrogen and oxygen atoms in total. The Balaban J connectivity index is 1.45. The van der Waals surface area contributed by atoms with Gasteiger partial charge in [-0.2, -0.15) is 0 Å². The Labute approximate surface area is 136 Å². The number of rotatable bonds is 8. The Bertz CT molecular complexity index is 333. The highest BCUT2D eigenvalue weighted by Gasteiger charge is 2.16. The van der Waals surface area contributed by atoms with Crippen molar-refractivity contribution in [3.63, 3.8) is 0 Å². The number of hydrogen-bond acceptors (Lipinski definition) is 8. The third kappa shape index (κ3) is 7.74. The molecule has 23 heavy (non-hydrogen) atoms. The minimum Gasteiger partial charge on any atom is -0.465 e. The van der Waals surface area contributed by atoms with E-state index in [0.29, 0.717) is 45.9 Å². The molecule has 0 aliphatic carbocycles.